The van der Waals surface area contributed by atoms with Gasteiger partial charge in [-0.25, -0.2) is 13.1 Å². The number of amides is 1. The van der Waals surface area contributed by atoms with E-state index in [0.717, 1.165) is 5.69 Å². The van der Waals surface area contributed by atoms with Crippen LogP contribution in [-0.2, 0) is 26.0 Å². The molecule has 0 spiro atoms. The lowest BCUT2D eigenvalue weighted by Gasteiger charge is -2.11. The van der Waals surface area contributed by atoms with Gasteiger partial charge in [0.05, 0.1) is 11.3 Å². The molecule has 1 amide bonds. The van der Waals surface area contributed by atoms with Gasteiger partial charge in [0.2, 0.25) is 15.9 Å². The van der Waals surface area contributed by atoms with Gasteiger partial charge in [-0.1, -0.05) is 0 Å². The molecule has 0 atom stereocenters. The molecule has 0 aliphatic carbocycles. The van der Waals surface area contributed by atoms with Crippen molar-refractivity contribution in [3.8, 4) is 0 Å². The first kappa shape index (κ1) is 14.7. The number of anilines is 1. The molecule has 108 valence electrons. The fourth-order valence-corrected chi connectivity index (χ4v) is 3.14. The highest BCUT2D eigenvalue weighted by molar-refractivity contribution is 7.89. The molecule has 0 bridgehead atoms. The Morgan fingerprint density at radius 3 is 2.75 bits per heavy atom. The number of sulfonamides is 1. The van der Waals surface area contributed by atoms with Crippen LogP contribution in [0, 0.1) is 0 Å². The molecule has 6 nitrogen and oxygen atoms in total. The molecular weight excluding hydrogens is 280 g/mol. The molecular formula is C13H16N2O4S. The Labute approximate surface area is 117 Å². The zero-order valence-electron chi connectivity index (χ0n) is 11.3. The Morgan fingerprint density at radius 2 is 2.10 bits per heavy atom. The first-order chi connectivity index (χ1) is 9.31. The highest BCUT2D eigenvalue weighted by atomic mass is 32.2. The van der Waals surface area contributed by atoms with E-state index in [4.69, 9.17) is 0 Å². The molecule has 0 fully saturated rings. The number of likely N-dealkylation sites (N-methyl/N-ethyl adjacent to an activating group) is 1. The Kier molecular flexibility index (Phi) is 3.92. The fraction of sp³-hybridized carbons (Fsp3) is 0.385. The SMILES string of the molecule is CC(=O)CCNS(=O)(=O)c1ccc2c(c1)CC(=O)N2C. The second kappa shape index (κ2) is 5.34. The van der Waals surface area contributed by atoms with Crippen molar-refractivity contribution in [1.82, 2.24) is 4.72 Å². The lowest BCUT2D eigenvalue weighted by Crippen LogP contribution is -2.26. The minimum absolute atomic E-state index is 0.0564. The largest absolute Gasteiger partial charge is 0.315 e. The number of hydrogen-bond acceptors (Lipinski definition) is 4. The van der Waals surface area contributed by atoms with Crippen LogP contribution in [0.3, 0.4) is 0 Å². The van der Waals surface area contributed by atoms with Crippen LogP contribution in [0.1, 0.15) is 18.9 Å². The number of benzene rings is 1. The molecule has 1 aromatic carbocycles. The van der Waals surface area contributed by atoms with Gasteiger partial charge in [-0.05, 0) is 30.7 Å². The predicted molar refractivity (Wildman–Crippen MR) is 74.0 cm³/mol. The number of fused-ring (bicyclic) bond motifs is 1. The molecule has 7 heteroatoms. The number of carbonyl (C=O) groups excluding carboxylic acids is 2. The average Bonchev–Trinajstić information content (AvgIpc) is 2.64. The lowest BCUT2D eigenvalue weighted by atomic mass is 10.2. The molecule has 0 saturated heterocycles. The smallest absolute Gasteiger partial charge is 0.240 e. The van der Waals surface area contributed by atoms with Gasteiger partial charge < -0.3 is 4.90 Å². The maximum atomic E-state index is 12.1. The van der Waals surface area contributed by atoms with Gasteiger partial charge in [-0.3, -0.25) is 9.59 Å². The van der Waals surface area contributed by atoms with Crippen LogP contribution in [0.25, 0.3) is 0 Å². The number of ketones is 1. The second-order valence-electron chi connectivity index (χ2n) is 4.77. The molecule has 1 aromatic rings. The van der Waals surface area contributed by atoms with E-state index < -0.39 is 10.0 Å². The highest BCUT2D eigenvalue weighted by Crippen LogP contribution is 2.29. The van der Waals surface area contributed by atoms with Gasteiger partial charge in [0, 0.05) is 25.7 Å². The summed E-state index contributed by atoms with van der Waals surface area (Å²) in [4.78, 5) is 24.0. The van der Waals surface area contributed by atoms with E-state index in [1.54, 1.807) is 13.1 Å². The van der Waals surface area contributed by atoms with E-state index >= 15 is 0 Å². The molecule has 1 N–H and O–H groups in total. The minimum atomic E-state index is -3.64. The molecule has 0 saturated carbocycles. The normalized spacial score (nSPS) is 14.5. The standard InChI is InChI=1S/C13H16N2O4S/c1-9(16)5-6-14-20(18,19)11-3-4-12-10(7-11)8-13(17)15(12)2/h3-4,7,14H,5-6,8H2,1-2H3. The molecule has 0 radical (unpaired) electrons. The monoisotopic (exact) mass is 296 g/mol. The van der Waals surface area contributed by atoms with Crippen LogP contribution < -0.4 is 9.62 Å². The molecule has 1 aliphatic rings. The van der Waals surface area contributed by atoms with Crippen molar-refractivity contribution in [2.45, 2.75) is 24.7 Å². The number of hydrogen-bond donors (Lipinski definition) is 1. The Bertz CT molecular complexity index is 667. The van der Waals surface area contributed by atoms with E-state index in [-0.39, 0.29) is 36.0 Å². The summed E-state index contributed by atoms with van der Waals surface area (Å²) in [6.07, 6.45) is 0.369. The minimum Gasteiger partial charge on any atom is -0.315 e. The Hall–Kier alpha value is -1.73. The van der Waals surface area contributed by atoms with E-state index in [1.807, 2.05) is 0 Å². The number of nitrogens with zero attached hydrogens (tertiary/aromatic N) is 1. The Balaban J connectivity index is 2.20. The van der Waals surface area contributed by atoms with Gasteiger partial charge in [-0.15, -0.1) is 0 Å². The molecule has 1 heterocycles. The van der Waals surface area contributed by atoms with Crippen molar-refractivity contribution in [1.29, 1.82) is 0 Å². The first-order valence-corrected chi connectivity index (χ1v) is 7.68. The van der Waals surface area contributed by atoms with Gasteiger partial charge >= 0.3 is 0 Å². The summed E-state index contributed by atoms with van der Waals surface area (Å²) in [5.74, 6) is -0.132. The molecule has 20 heavy (non-hydrogen) atoms. The van der Waals surface area contributed by atoms with Crippen LogP contribution in [0.2, 0.25) is 0 Å². The van der Waals surface area contributed by atoms with Crippen molar-refractivity contribution < 1.29 is 18.0 Å². The van der Waals surface area contributed by atoms with E-state index in [0.29, 0.717) is 5.56 Å². The van der Waals surface area contributed by atoms with Crippen LogP contribution in [0.5, 0.6) is 0 Å². The molecule has 0 aromatic heterocycles. The summed E-state index contributed by atoms with van der Waals surface area (Å²) in [5.41, 5.74) is 1.43. The first-order valence-electron chi connectivity index (χ1n) is 6.20. The topological polar surface area (TPSA) is 83.5 Å². The zero-order valence-corrected chi connectivity index (χ0v) is 12.2. The van der Waals surface area contributed by atoms with Crippen molar-refractivity contribution in [2.24, 2.45) is 0 Å². The van der Waals surface area contributed by atoms with Gasteiger partial charge in [0.15, 0.2) is 0 Å². The zero-order chi connectivity index (χ0) is 14.9. The number of nitrogens with one attached hydrogen (secondary N) is 1. The van der Waals surface area contributed by atoms with E-state index in [2.05, 4.69) is 4.72 Å². The quantitative estimate of drug-likeness (QED) is 0.855. The number of carbonyl (C=O) groups is 2. The van der Waals surface area contributed by atoms with Crippen molar-refractivity contribution >= 4 is 27.4 Å². The third kappa shape index (κ3) is 2.88. The fourth-order valence-electron chi connectivity index (χ4n) is 2.06. The number of Topliss-reactive ketones (excluding diaryl/α,β-unsaturated/α-hetero) is 1. The molecule has 2 rings (SSSR count). The van der Waals surface area contributed by atoms with E-state index in [1.165, 1.54) is 24.0 Å². The number of rotatable bonds is 5. The second-order valence-corrected chi connectivity index (χ2v) is 6.54. The summed E-state index contributed by atoms with van der Waals surface area (Å²) in [6.45, 7) is 1.48. The maximum Gasteiger partial charge on any atom is 0.240 e. The van der Waals surface area contributed by atoms with E-state index in [9.17, 15) is 18.0 Å². The van der Waals surface area contributed by atoms with Crippen molar-refractivity contribution in [3.63, 3.8) is 0 Å². The van der Waals surface area contributed by atoms with Gasteiger partial charge in [0.25, 0.3) is 0 Å². The summed E-state index contributed by atoms with van der Waals surface area (Å²) >= 11 is 0. The van der Waals surface area contributed by atoms with Gasteiger partial charge in [0.1, 0.15) is 5.78 Å². The van der Waals surface area contributed by atoms with Crippen molar-refractivity contribution in [3.05, 3.63) is 23.8 Å². The summed E-state index contributed by atoms with van der Waals surface area (Å²) in [5, 5.41) is 0. The van der Waals surface area contributed by atoms with Crippen molar-refractivity contribution in [2.75, 3.05) is 18.5 Å². The maximum absolute atomic E-state index is 12.1. The molecule has 1 aliphatic heterocycles. The Morgan fingerprint density at radius 1 is 1.40 bits per heavy atom. The van der Waals surface area contributed by atoms with Crippen LogP contribution in [0.4, 0.5) is 5.69 Å². The lowest BCUT2D eigenvalue weighted by molar-refractivity contribution is -0.117. The highest BCUT2D eigenvalue weighted by Gasteiger charge is 2.26. The van der Waals surface area contributed by atoms with Gasteiger partial charge in [-0.2, -0.15) is 0 Å². The van der Waals surface area contributed by atoms with Crippen LogP contribution in [0.15, 0.2) is 23.1 Å². The summed E-state index contributed by atoms with van der Waals surface area (Å²) in [6, 6.07) is 4.59. The summed E-state index contributed by atoms with van der Waals surface area (Å²) < 4.78 is 26.5. The third-order valence-electron chi connectivity index (χ3n) is 3.21. The predicted octanol–water partition coefficient (Wildman–Crippen LogP) is 0.463. The summed E-state index contributed by atoms with van der Waals surface area (Å²) in [7, 11) is -1.98. The van der Waals surface area contributed by atoms with Crippen LogP contribution >= 0.6 is 0 Å². The van der Waals surface area contributed by atoms with Crippen LogP contribution in [-0.4, -0.2) is 33.7 Å². The molecule has 0 unspecified atom stereocenters. The average molecular weight is 296 g/mol. The third-order valence-corrected chi connectivity index (χ3v) is 4.67.